The molecule has 2 heterocycles. The normalized spacial score (nSPS) is 15.4. The van der Waals surface area contributed by atoms with Crippen LogP contribution in [0.3, 0.4) is 0 Å². The van der Waals surface area contributed by atoms with Crippen LogP contribution in [0, 0.1) is 0 Å². The minimum atomic E-state index is -3.43. The summed E-state index contributed by atoms with van der Waals surface area (Å²) in [6.07, 6.45) is 1.12. The van der Waals surface area contributed by atoms with Gasteiger partial charge >= 0.3 is 0 Å². The first-order chi connectivity index (χ1) is 14.0. The molecule has 0 amide bonds. The molecule has 1 aliphatic rings. The number of aromatic nitrogens is 1. The van der Waals surface area contributed by atoms with E-state index in [9.17, 15) is 8.42 Å². The predicted molar refractivity (Wildman–Crippen MR) is 118 cm³/mol. The van der Waals surface area contributed by atoms with Gasteiger partial charge in [-0.3, -0.25) is 0 Å². The zero-order chi connectivity index (χ0) is 20.4. The Hall–Kier alpha value is -2.09. The number of hydrogen-bond donors (Lipinski definition) is 0. The summed E-state index contributed by atoms with van der Waals surface area (Å²) in [5.41, 5.74) is 1.95. The number of ether oxygens (including phenoxy) is 1. The lowest BCUT2D eigenvalue weighted by atomic mass is 10.1. The van der Waals surface area contributed by atoms with Crippen molar-refractivity contribution >= 4 is 37.9 Å². The second-order valence-corrected chi connectivity index (χ2v) is 10.3. The molecule has 4 rings (SSSR count). The average molecular weight is 449 g/mol. The van der Waals surface area contributed by atoms with Gasteiger partial charge in [0.05, 0.1) is 28.0 Å². The fraction of sp³-hybridized carbons (Fsp3) is 0.286. The van der Waals surface area contributed by atoms with E-state index in [0.29, 0.717) is 31.0 Å². The third-order valence-corrected chi connectivity index (χ3v) is 8.83. The summed E-state index contributed by atoms with van der Waals surface area (Å²) in [5, 5.41) is 2.83. The van der Waals surface area contributed by atoms with Crippen molar-refractivity contribution in [2.75, 3.05) is 25.1 Å². The van der Waals surface area contributed by atoms with Gasteiger partial charge in [-0.05, 0) is 49.2 Å². The summed E-state index contributed by atoms with van der Waals surface area (Å²) in [5.74, 6) is 0.811. The van der Waals surface area contributed by atoms with Gasteiger partial charge in [-0.1, -0.05) is 23.7 Å². The molecule has 152 valence electrons. The Bertz CT molecular complexity index is 1090. The van der Waals surface area contributed by atoms with E-state index in [-0.39, 0.29) is 4.90 Å². The van der Waals surface area contributed by atoms with Crippen molar-refractivity contribution in [3.8, 4) is 17.0 Å². The van der Waals surface area contributed by atoms with E-state index < -0.39 is 15.1 Å². The Balaban J connectivity index is 1.45. The van der Waals surface area contributed by atoms with Gasteiger partial charge < -0.3 is 9.64 Å². The number of halogens is 1. The second kappa shape index (κ2) is 8.34. The van der Waals surface area contributed by atoms with Crippen molar-refractivity contribution in [3.63, 3.8) is 0 Å². The third-order valence-electron chi connectivity index (χ3n) is 5.17. The standard InChI is InChI=1S/C21H21ClN2O3S2/c1-27-16-8-6-15(7-9-16)19-14-28-21(23-19)24-12-10-17(11-13-24)29(25,26)20-5-3-2-4-18(20)22/h2-9,14,17H,10-13H2,1H3. The molecule has 29 heavy (non-hydrogen) atoms. The molecule has 1 saturated heterocycles. The maximum Gasteiger partial charge on any atom is 0.185 e. The molecular weight excluding hydrogens is 428 g/mol. The summed E-state index contributed by atoms with van der Waals surface area (Å²) in [4.78, 5) is 7.15. The number of thiazole rings is 1. The van der Waals surface area contributed by atoms with Crippen LogP contribution in [-0.4, -0.2) is 38.9 Å². The lowest BCUT2D eigenvalue weighted by Crippen LogP contribution is -2.39. The maximum absolute atomic E-state index is 13.0. The fourth-order valence-electron chi connectivity index (χ4n) is 3.52. The molecule has 0 aliphatic carbocycles. The summed E-state index contributed by atoms with van der Waals surface area (Å²) in [6.45, 7) is 1.31. The van der Waals surface area contributed by atoms with Crippen molar-refractivity contribution < 1.29 is 13.2 Å². The lowest BCUT2D eigenvalue weighted by molar-refractivity contribution is 0.415. The van der Waals surface area contributed by atoms with Gasteiger partial charge in [0.25, 0.3) is 0 Å². The summed E-state index contributed by atoms with van der Waals surface area (Å²) in [6, 6.07) is 14.5. The number of nitrogens with zero attached hydrogens (tertiary/aromatic N) is 2. The average Bonchev–Trinajstić information content (AvgIpc) is 3.24. The zero-order valence-corrected chi connectivity index (χ0v) is 18.3. The van der Waals surface area contributed by atoms with E-state index >= 15 is 0 Å². The van der Waals surface area contributed by atoms with Crippen molar-refractivity contribution in [1.82, 2.24) is 4.98 Å². The molecule has 8 heteroatoms. The monoisotopic (exact) mass is 448 g/mol. The van der Waals surface area contributed by atoms with E-state index in [4.69, 9.17) is 21.3 Å². The van der Waals surface area contributed by atoms with Gasteiger partial charge in [-0.25, -0.2) is 13.4 Å². The summed E-state index contributed by atoms with van der Waals surface area (Å²) < 4.78 is 31.1. The minimum Gasteiger partial charge on any atom is -0.497 e. The van der Waals surface area contributed by atoms with E-state index in [1.54, 1.807) is 42.7 Å². The first kappa shape index (κ1) is 20.2. The Kier molecular flexibility index (Phi) is 5.81. The highest BCUT2D eigenvalue weighted by molar-refractivity contribution is 7.92. The van der Waals surface area contributed by atoms with Gasteiger partial charge in [-0.15, -0.1) is 11.3 Å². The minimum absolute atomic E-state index is 0.233. The second-order valence-electron chi connectivity index (χ2n) is 6.91. The number of rotatable bonds is 5. The Morgan fingerprint density at radius 3 is 2.45 bits per heavy atom. The lowest BCUT2D eigenvalue weighted by Gasteiger charge is -2.31. The van der Waals surface area contributed by atoms with Crippen LogP contribution in [0.25, 0.3) is 11.3 Å². The maximum atomic E-state index is 13.0. The molecule has 0 bridgehead atoms. The van der Waals surface area contributed by atoms with Crippen LogP contribution in [0.5, 0.6) is 5.75 Å². The van der Waals surface area contributed by atoms with Gasteiger partial charge in [0.2, 0.25) is 0 Å². The van der Waals surface area contributed by atoms with Gasteiger partial charge in [0, 0.05) is 24.0 Å². The molecule has 1 aromatic heterocycles. The Labute approximate surface area is 179 Å². The van der Waals surface area contributed by atoms with E-state index in [1.165, 1.54) is 0 Å². The van der Waals surface area contributed by atoms with Crippen LogP contribution >= 0.6 is 22.9 Å². The SMILES string of the molecule is COc1ccc(-c2csc(N3CCC(S(=O)(=O)c4ccccc4Cl)CC3)n2)cc1. The number of benzene rings is 2. The van der Waals surface area contributed by atoms with Crippen LogP contribution in [0.4, 0.5) is 5.13 Å². The molecule has 0 saturated carbocycles. The molecule has 0 radical (unpaired) electrons. The van der Waals surface area contributed by atoms with E-state index in [1.807, 2.05) is 29.6 Å². The molecule has 0 N–H and O–H groups in total. The third kappa shape index (κ3) is 4.13. The van der Waals surface area contributed by atoms with Crippen LogP contribution < -0.4 is 9.64 Å². The number of hydrogen-bond acceptors (Lipinski definition) is 6. The molecule has 0 spiro atoms. The summed E-state index contributed by atoms with van der Waals surface area (Å²) >= 11 is 7.71. The quantitative estimate of drug-likeness (QED) is 0.554. The largest absolute Gasteiger partial charge is 0.497 e. The predicted octanol–water partition coefficient (Wildman–Crippen LogP) is 4.91. The number of piperidine rings is 1. The van der Waals surface area contributed by atoms with Crippen molar-refractivity contribution in [2.45, 2.75) is 23.0 Å². The number of methoxy groups -OCH3 is 1. The Morgan fingerprint density at radius 1 is 1.10 bits per heavy atom. The topological polar surface area (TPSA) is 59.5 Å². The van der Waals surface area contributed by atoms with Crippen molar-refractivity contribution in [1.29, 1.82) is 0 Å². The first-order valence-electron chi connectivity index (χ1n) is 9.32. The van der Waals surface area contributed by atoms with Crippen LogP contribution in [0.15, 0.2) is 58.8 Å². The van der Waals surface area contributed by atoms with Gasteiger partial charge in [0.15, 0.2) is 15.0 Å². The highest BCUT2D eigenvalue weighted by Gasteiger charge is 2.33. The molecule has 0 unspecified atom stereocenters. The molecule has 0 atom stereocenters. The van der Waals surface area contributed by atoms with Gasteiger partial charge in [0.1, 0.15) is 5.75 Å². The van der Waals surface area contributed by atoms with Crippen LogP contribution in [-0.2, 0) is 9.84 Å². The van der Waals surface area contributed by atoms with Crippen LogP contribution in [0.1, 0.15) is 12.8 Å². The van der Waals surface area contributed by atoms with E-state index in [0.717, 1.165) is 22.1 Å². The molecular formula is C21H21ClN2O3S2. The number of anilines is 1. The first-order valence-corrected chi connectivity index (χ1v) is 12.1. The zero-order valence-electron chi connectivity index (χ0n) is 15.9. The van der Waals surface area contributed by atoms with E-state index in [2.05, 4.69) is 4.90 Å². The van der Waals surface area contributed by atoms with Crippen molar-refractivity contribution in [3.05, 3.63) is 58.9 Å². The smallest absolute Gasteiger partial charge is 0.185 e. The molecule has 3 aromatic rings. The van der Waals surface area contributed by atoms with Crippen LogP contribution in [0.2, 0.25) is 5.02 Å². The molecule has 1 aliphatic heterocycles. The molecule has 1 fully saturated rings. The molecule has 2 aromatic carbocycles. The Morgan fingerprint density at radius 2 is 1.79 bits per heavy atom. The highest BCUT2D eigenvalue weighted by atomic mass is 35.5. The molecule has 5 nitrogen and oxygen atoms in total. The van der Waals surface area contributed by atoms with Gasteiger partial charge in [-0.2, -0.15) is 0 Å². The number of sulfone groups is 1. The summed E-state index contributed by atoms with van der Waals surface area (Å²) in [7, 11) is -1.79. The fourth-order valence-corrected chi connectivity index (χ4v) is 6.66. The highest BCUT2D eigenvalue weighted by Crippen LogP contribution is 2.33. The van der Waals surface area contributed by atoms with Crippen molar-refractivity contribution in [2.24, 2.45) is 0 Å².